The molecule has 0 amide bonds. The van der Waals surface area contributed by atoms with E-state index in [1.165, 1.54) is 11.8 Å². The highest BCUT2D eigenvalue weighted by Gasteiger charge is 2.15. The molecule has 0 radical (unpaired) electrons. The Morgan fingerprint density at radius 1 is 1.56 bits per heavy atom. The van der Waals surface area contributed by atoms with Gasteiger partial charge in [0.2, 0.25) is 0 Å². The van der Waals surface area contributed by atoms with Gasteiger partial charge in [-0.2, -0.15) is 0 Å². The number of aliphatic carboxylic acids is 1. The summed E-state index contributed by atoms with van der Waals surface area (Å²) in [5, 5.41) is 9.28. The predicted octanol–water partition coefficient (Wildman–Crippen LogP) is 3.74. The lowest BCUT2D eigenvalue weighted by atomic mass is 10.2. The van der Waals surface area contributed by atoms with Crippen molar-refractivity contribution in [1.82, 2.24) is 0 Å². The van der Waals surface area contributed by atoms with E-state index in [0.29, 0.717) is 17.2 Å². The first kappa shape index (κ1) is 13.4. The molecule has 1 aromatic rings. The highest BCUT2D eigenvalue weighted by atomic mass is 35.5. The summed E-state index contributed by atoms with van der Waals surface area (Å²) in [5.41, 5.74) is 2.11. The number of carboxylic acids is 1. The molecular formula is C12H15ClO2S. The average Bonchev–Trinajstić information content (AvgIpc) is 2.21. The third kappa shape index (κ3) is 3.72. The van der Waals surface area contributed by atoms with Crippen molar-refractivity contribution in [2.75, 3.05) is 0 Å². The number of halogens is 1. The zero-order valence-electron chi connectivity index (χ0n) is 9.37. The maximum Gasteiger partial charge on any atom is 0.316 e. The number of thioether (sulfide) groups is 1. The summed E-state index contributed by atoms with van der Waals surface area (Å²) < 4.78 is 0. The quantitative estimate of drug-likeness (QED) is 0.874. The number of rotatable bonds is 5. The maximum absolute atomic E-state index is 10.8. The number of benzene rings is 1. The van der Waals surface area contributed by atoms with Crippen LogP contribution in [0.2, 0.25) is 5.02 Å². The van der Waals surface area contributed by atoms with Gasteiger partial charge in [0.1, 0.15) is 5.25 Å². The summed E-state index contributed by atoms with van der Waals surface area (Å²) in [6.07, 6.45) is 0.628. The summed E-state index contributed by atoms with van der Waals surface area (Å²) >= 11 is 7.49. The van der Waals surface area contributed by atoms with E-state index < -0.39 is 5.97 Å². The summed E-state index contributed by atoms with van der Waals surface area (Å²) in [5.74, 6) is -0.111. The third-order valence-electron chi connectivity index (χ3n) is 2.29. The van der Waals surface area contributed by atoms with Crippen LogP contribution in [0, 0.1) is 6.92 Å². The van der Waals surface area contributed by atoms with Crippen molar-refractivity contribution in [1.29, 1.82) is 0 Å². The first-order valence-corrected chi connectivity index (χ1v) is 6.56. The zero-order chi connectivity index (χ0) is 12.1. The Hall–Kier alpha value is -0.670. The molecule has 1 rings (SSSR count). The normalized spacial score (nSPS) is 12.4. The minimum Gasteiger partial charge on any atom is -0.480 e. The Kier molecular flexibility index (Phi) is 5.16. The van der Waals surface area contributed by atoms with E-state index in [0.717, 1.165) is 11.1 Å². The fourth-order valence-corrected chi connectivity index (χ4v) is 2.72. The van der Waals surface area contributed by atoms with Gasteiger partial charge in [-0.05, 0) is 30.5 Å². The Balaban J connectivity index is 2.63. The monoisotopic (exact) mass is 258 g/mol. The van der Waals surface area contributed by atoms with E-state index >= 15 is 0 Å². The molecule has 0 saturated heterocycles. The first-order chi connectivity index (χ1) is 7.54. The van der Waals surface area contributed by atoms with Gasteiger partial charge in [0, 0.05) is 10.8 Å². The van der Waals surface area contributed by atoms with Gasteiger partial charge in [0.25, 0.3) is 0 Å². The van der Waals surface area contributed by atoms with E-state index in [2.05, 4.69) is 0 Å². The van der Waals surface area contributed by atoms with Gasteiger partial charge in [-0.25, -0.2) is 0 Å². The van der Waals surface area contributed by atoms with Crippen molar-refractivity contribution in [3.63, 3.8) is 0 Å². The minimum atomic E-state index is -0.754. The molecule has 88 valence electrons. The Labute approximate surface area is 105 Å². The van der Waals surface area contributed by atoms with E-state index in [4.69, 9.17) is 16.7 Å². The van der Waals surface area contributed by atoms with Gasteiger partial charge >= 0.3 is 5.97 Å². The van der Waals surface area contributed by atoms with Crippen molar-refractivity contribution in [3.05, 3.63) is 34.3 Å². The fraction of sp³-hybridized carbons (Fsp3) is 0.417. The van der Waals surface area contributed by atoms with Gasteiger partial charge in [-0.1, -0.05) is 30.7 Å². The van der Waals surface area contributed by atoms with E-state index in [9.17, 15) is 4.79 Å². The molecule has 2 nitrogen and oxygen atoms in total. The largest absolute Gasteiger partial charge is 0.480 e. The van der Waals surface area contributed by atoms with Crippen molar-refractivity contribution in [2.24, 2.45) is 0 Å². The number of carboxylic acid groups (broad SMARTS) is 1. The van der Waals surface area contributed by atoms with E-state index in [-0.39, 0.29) is 5.25 Å². The molecular weight excluding hydrogens is 244 g/mol. The lowest BCUT2D eigenvalue weighted by Gasteiger charge is -2.10. The molecule has 1 aromatic carbocycles. The lowest BCUT2D eigenvalue weighted by Crippen LogP contribution is -2.15. The van der Waals surface area contributed by atoms with Crippen molar-refractivity contribution >= 4 is 29.3 Å². The Morgan fingerprint density at radius 2 is 2.25 bits per heavy atom. The van der Waals surface area contributed by atoms with E-state index in [1.807, 2.05) is 32.0 Å². The minimum absolute atomic E-state index is 0.350. The van der Waals surface area contributed by atoms with Crippen LogP contribution in [0.25, 0.3) is 0 Å². The van der Waals surface area contributed by atoms with Crippen LogP contribution in [0.3, 0.4) is 0 Å². The number of hydrogen-bond acceptors (Lipinski definition) is 2. The molecule has 0 aliphatic rings. The second-order valence-electron chi connectivity index (χ2n) is 3.64. The highest BCUT2D eigenvalue weighted by molar-refractivity contribution is 7.99. The molecule has 0 spiro atoms. The van der Waals surface area contributed by atoms with Gasteiger partial charge in [0.15, 0.2) is 0 Å². The molecule has 0 bridgehead atoms. The van der Waals surface area contributed by atoms with Crippen molar-refractivity contribution in [2.45, 2.75) is 31.3 Å². The van der Waals surface area contributed by atoms with Crippen LogP contribution in [-0.4, -0.2) is 16.3 Å². The molecule has 0 heterocycles. The van der Waals surface area contributed by atoms with Gasteiger partial charge in [0.05, 0.1) is 0 Å². The smallest absolute Gasteiger partial charge is 0.316 e. The molecule has 4 heteroatoms. The average molecular weight is 259 g/mol. The summed E-state index contributed by atoms with van der Waals surface area (Å²) in [7, 11) is 0. The van der Waals surface area contributed by atoms with Crippen LogP contribution in [0.4, 0.5) is 0 Å². The number of hydrogen-bond donors (Lipinski definition) is 1. The number of aryl methyl sites for hydroxylation is 1. The Morgan fingerprint density at radius 3 is 2.75 bits per heavy atom. The maximum atomic E-state index is 10.8. The zero-order valence-corrected chi connectivity index (χ0v) is 10.9. The van der Waals surface area contributed by atoms with Crippen LogP contribution < -0.4 is 0 Å². The summed E-state index contributed by atoms with van der Waals surface area (Å²) in [6.45, 7) is 3.86. The molecule has 16 heavy (non-hydrogen) atoms. The molecule has 0 saturated carbocycles. The van der Waals surface area contributed by atoms with Crippen LogP contribution in [-0.2, 0) is 10.5 Å². The van der Waals surface area contributed by atoms with Gasteiger partial charge in [-0.15, -0.1) is 11.8 Å². The molecule has 0 fully saturated rings. The van der Waals surface area contributed by atoms with Crippen molar-refractivity contribution in [3.8, 4) is 0 Å². The second-order valence-corrected chi connectivity index (χ2v) is 5.24. The van der Waals surface area contributed by atoms with Gasteiger partial charge in [-0.3, -0.25) is 4.79 Å². The number of carbonyl (C=O) groups is 1. The van der Waals surface area contributed by atoms with E-state index in [1.54, 1.807) is 0 Å². The summed E-state index contributed by atoms with van der Waals surface area (Å²) in [4.78, 5) is 10.8. The highest BCUT2D eigenvalue weighted by Crippen LogP contribution is 2.26. The van der Waals surface area contributed by atoms with Crippen LogP contribution in [0.1, 0.15) is 24.5 Å². The molecule has 1 unspecified atom stereocenters. The molecule has 1 N–H and O–H groups in total. The van der Waals surface area contributed by atoms with Crippen LogP contribution in [0.15, 0.2) is 18.2 Å². The lowest BCUT2D eigenvalue weighted by molar-refractivity contribution is -0.136. The summed E-state index contributed by atoms with van der Waals surface area (Å²) in [6, 6.07) is 5.85. The SMILES string of the molecule is CCC(SCc1ccc(C)cc1Cl)C(=O)O. The topological polar surface area (TPSA) is 37.3 Å². The van der Waals surface area contributed by atoms with Crippen LogP contribution >= 0.6 is 23.4 Å². The predicted molar refractivity (Wildman–Crippen MR) is 69.2 cm³/mol. The third-order valence-corrected chi connectivity index (χ3v) is 4.06. The molecule has 0 aliphatic carbocycles. The molecule has 0 aliphatic heterocycles. The fourth-order valence-electron chi connectivity index (χ4n) is 1.32. The van der Waals surface area contributed by atoms with Gasteiger partial charge < -0.3 is 5.11 Å². The molecule has 0 aromatic heterocycles. The standard InChI is InChI=1S/C12H15ClO2S/c1-3-11(12(14)15)16-7-9-5-4-8(2)6-10(9)13/h4-6,11H,3,7H2,1-2H3,(H,14,15). The van der Waals surface area contributed by atoms with Crippen LogP contribution in [0.5, 0.6) is 0 Å². The second kappa shape index (κ2) is 6.16. The Bertz CT molecular complexity index is 379. The van der Waals surface area contributed by atoms with Crippen molar-refractivity contribution < 1.29 is 9.90 Å². The first-order valence-electron chi connectivity index (χ1n) is 5.14. The molecule has 1 atom stereocenters.